The highest BCUT2D eigenvalue weighted by molar-refractivity contribution is 9.10. The fourth-order valence-electron chi connectivity index (χ4n) is 2.95. The van der Waals surface area contributed by atoms with Crippen LogP contribution in [0.1, 0.15) is 31.7 Å². The Bertz CT molecular complexity index is 1220. The minimum absolute atomic E-state index is 0.254. The summed E-state index contributed by atoms with van der Waals surface area (Å²) in [4.78, 5) is 29.2. The maximum atomic E-state index is 13.1. The van der Waals surface area contributed by atoms with E-state index in [1.807, 2.05) is 13.0 Å². The number of nitrogens with zero attached hydrogens (tertiary/aromatic N) is 3. The number of rotatable bonds is 8. The number of carbonyl (C=O) groups is 1. The number of aryl methyl sites for hydroxylation is 1. The molecule has 3 rings (SSSR count). The van der Waals surface area contributed by atoms with E-state index in [1.165, 1.54) is 10.9 Å². The van der Waals surface area contributed by atoms with Gasteiger partial charge in [-0.2, -0.15) is 9.78 Å². The van der Waals surface area contributed by atoms with Crippen molar-refractivity contribution >= 4 is 66.5 Å². The summed E-state index contributed by atoms with van der Waals surface area (Å²) >= 11 is 13.1. The van der Waals surface area contributed by atoms with E-state index in [-0.39, 0.29) is 23.8 Å². The Balaban J connectivity index is 1.95. The van der Waals surface area contributed by atoms with E-state index >= 15 is 0 Å². The molecule has 0 bridgehead atoms. The Morgan fingerprint density at radius 2 is 2.03 bits per heavy atom. The zero-order chi connectivity index (χ0) is 23.3. The topological polar surface area (TPSA) is 82.8 Å². The molecule has 2 aromatic carbocycles. The van der Waals surface area contributed by atoms with E-state index in [0.717, 1.165) is 10.9 Å². The molecular formula is C22H20Br2ClN3O4. The number of aromatic nitrogens is 2. The van der Waals surface area contributed by atoms with Gasteiger partial charge in [-0.3, -0.25) is 4.79 Å². The van der Waals surface area contributed by atoms with Gasteiger partial charge in [-0.1, -0.05) is 34.5 Å². The molecule has 0 fully saturated rings. The second kappa shape index (κ2) is 11.1. The summed E-state index contributed by atoms with van der Waals surface area (Å²) in [6.07, 6.45) is 2.94. The number of benzene rings is 2. The first-order valence-electron chi connectivity index (χ1n) is 9.87. The second-order valence-electron chi connectivity index (χ2n) is 6.71. The molecule has 0 spiro atoms. The van der Waals surface area contributed by atoms with Crippen molar-refractivity contribution in [1.82, 2.24) is 9.66 Å². The first kappa shape index (κ1) is 24.4. The van der Waals surface area contributed by atoms with Crippen molar-refractivity contribution in [2.75, 3.05) is 13.2 Å². The molecule has 0 radical (unpaired) electrons. The van der Waals surface area contributed by atoms with E-state index in [2.05, 4.69) is 41.9 Å². The van der Waals surface area contributed by atoms with Crippen molar-refractivity contribution in [3.05, 3.63) is 66.0 Å². The molecule has 0 amide bonds. The largest absolute Gasteiger partial charge is 0.479 e. The van der Waals surface area contributed by atoms with Crippen molar-refractivity contribution in [3.8, 4) is 5.75 Å². The molecule has 0 aliphatic carbocycles. The summed E-state index contributed by atoms with van der Waals surface area (Å²) in [5, 5.41) is 5.15. The van der Waals surface area contributed by atoms with Gasteiger partial charge in [0.15, 0.2) is 12.4 Å². The van der Waals surface area contributed by atoms with E-state index in [1.54, 1.807) is 31.2 Å². The van der Waals surface area contributed by atoms with E-state index in [9.17, 15) is 9.59 Å². The number of halogens is 3. The van der Waals surface area contributed by atoms with Gasteiger partial charge in [-0.15, -0.1) is 0 Å². The van der Waals surface area contributed by atoms with E-state index in [0.29, 0.717) is 38.9 Å². The predicted octanol–water partition coefficient (Wildman–Crippen LogP) is 5.35. The fraction of sp³-hybridized carbons (Fsp3) is 0.273. The third-order valence-corrected chi connectivity index (χ3v) is 5.69. The molecule has 0 unspecified atom stereocenters. The first-order valence-corrected chi connectivity index (χ1v) is 11.8. The normalized spacial score (nSPS) is 11.3. The number of hydrogen-bond acceptors (Lipinski definition) is 6. The van der Waals surface area contributed by atoms with Gasteiger partial charge < -0.3 is 9.47 Å². The Hall–Kier alpha value is -2.23. The summed E-state index contributed by atoms with van der Waals surface area (Å²) in [5.41, 5.74) is 1.01. The molecule has 168 valence electrons. The van der Waals surface area contributed by atoms with E-state index in [4.69, 9.17) is 21.1 Å². The number of fused-ring (bicyclic) bond motifs is 1. The lowest BCUT2D eigenvalue weighted by molar-refractivity contribution is -0.145. The Kier molecular flexibility index (Phi) is 8.44. The van der Waals surface area contributed by atoms with Crippen LogP contribution in [0.25, 0.3) is 10.9 Å². The molecule has 0 atom stereocenters. The summed E-state index contributed by atoms with van der Waals surface area (Å²) in [6, 6.07) is 8.75. The standard InChI is InChI=1S/C22H20Br2ClN3O4/c1-3-5-19-27-18-7-6-14(23)10-15(18)22(30)28(19)26-11-13-8-16(24)21(17(25)9-13)32-12-20(29)31-4-2/h6-11H,3-5,12H2,1-2H3. The molecule has 1 aromatic heterocycles. The highest BCUT2D eigenvalue weighted by Crippen LogP contribution is 2.34. The minimum atomic E-state index is -0.487. The third kappa shape index (κ3) is 5.76. The van der Waals surface area contributed by atoms with Crippen molar-refractivity contribution < 1.29 is 14.3 Å². The maximum Gasteiger partial charge on any atom is 0.344 e. The lowest BCUT2D eigenvalue weighted by Gasteiger charge is -2.11. The summed E-state index contributed by atoms with van der Waals surface area (Å²) in [6.45, 7) is 3.74. The van der Waals surface area contributed by atoms with Gasteiger partial charge in [0.2, 0.25) is 0 Å². The van der Waals surface area contributed by atoms with Crippen molar-refractivity contribution in [2.45, 2.75) is 26.7 Å². The van der Waals surface area contributed by atoms with Crippen LogP contribution >= 0.6 is 43.5 Å². The van der Waals surface area contributed by atoms with Crippen LogP contribution in [0, 0.1) is 0 Å². The lowest BCUT2D eigenvalue weighted by atomic mass is 10.2. The van der Waals surface area contributed by atoms with Crippen molar-refractivity contribution in [2.24, 2.45) is 5.10 Å². The maximum absolute atomic E-state index is 13.1. The van der Waals surface area contributed by atoms with Crippen LogP contribution in [0.15, 0.2) is 49.2 Å². The van der Waals surface area contributed by atoms with Gasteiger partial charge in [-0.25, -0.2) is 9.78 Å². The van der Waals surface area contributed by atoms with Crippen molar-refractivity contribution in [1.29, 1.82) is 0 Å². The molecule has 0 saturated carbocycles. The van der Waals surface area contributed by atoms with Crippen LogP contribution < -0.4 is 10.3 Å². The average Bonchev–Trinajstić information content (AvgIpc) is 2.74. The van der Waals surface area contributed by atoms with Crippen LogP contribution in [0.5, 0.6) is 5.75 Å². The van der Waals surface area contributed by atoms with Gasteiger partial charge in [0.1, 0.15) is 5.82 Å². The van der Waals surface area contributed by atoms with Crippen LogP contribution in [0.2, 0.25) is 5.02 Å². The smallest absolute Gasteiger partial charge is 0.344 e. The van der Waals surface area contributed by atoms with Crippen LogP contribution in [0.3, 0.4) is 0 Å². The molecular weight excluding hydrogens is 566 g/mol. The SMILES string of the molecule is CCCc1nc2ccc(Br)cc2c(=O)n1N=Cc1cc(Cl)c(OCC(=O)OCC)c(Br)c1. The second-order valence-corrected chi connectivity index (χ2v) is 8.89. The molecule has 3 aromatic rings. The lowest BCUT2D eigenvalue weighted by Crippen LogP contribution is -2.22. The van der Waals surface area contributed by atoms with Gasteiger partial charge in [-0.05, 0) is 65.2 Å². The zero-order valence-electron chi connectivity index (χ0n) is 17.4. The quantitative estimate of drug-likeness (QED) is 0.263. The van der Waals surface area contributed by atoms with Gasteiger partial charge in [0.25, 0.3) is 5.56 Å². The number of carbonyl (C=O) groups excluding carboxylic acids is 1. The number of hydrogen-bond donors (Lipinski definition) is 0. The van der Waals surface area contributed by atoms with Gasteiger partial charge in [0.05, 0.1) is 33.2 Å². The summed E-state index contributed by atoms with van der Waals surface area (Å²) in [7, 11) is 0. The first-order chi connectivity index (χ1) is 15.3. The molecule has 0 saturated heterocycles. The fourth-order valence-corrected chi connectivity index (χ4v) is 4.30. The monoisotopic (exact) mass is 583 g/mol. The third-order valence-electron chi connectivity index (χ3n) is 4.33. The summed E-state index contributed by atoms with van der Waals surface area (Å²) < 4.78 is 13.0. The van der Waals surface area contributed by atoms with Gasteiger partial charge in [0, 0.05) is 10.9 Å². The predicted molar refractivity (Wildman–Crippen MR) is 132 cm³/mol. The molecule has 1 heterocycles. The van der Waals surface area contributed by atoms with Crippen LogP contribution in [-0.2, 0) is 16.0 Å². The molecule has 0 N–H and O–H groups in total. The Labute approximate surface area is 206 Å². The zero-order valence-corrected chi connectivity index (χ0v) is 21.3. The molecule has 10 heteroatoms. The molecule has 7 nitrogen and oxygen atoms in total. The van der Waals surface area contributed by atoms with E-state index < -0.39 is 5.97 Å². The number of esters is 1. The average molecular weight is 586 g/mol. The highest BCUT2D eigenvalue weighted by atomic mass is 79.9. The number of ether oxygens (including phenoxy) is 2. The highest BCUT2D eigenvalue weighted by Gasteiger charge is 2.13. The minimum Gasteiger partial charge on any atom is -0.479 e. The van der Waals surface area contributed by atoms with Crippen molar-refractivity contribution in [3.63, 3.8) is 0 Å². The Morgan fingerprint density at radius 1 is 1.25 bits per heavy atom. The molecule has 0 aliphatic heterocycles. The molecule has 0 aliphatic rings. The van der Waals surface area contributed by atoms with Crippen LogP contribution in [0.4, 0.5) is 0 Å². The van der Waals surface area contributed by atoms with Crippen LogP contribution in [-0.4, -0.2) is 35.1 Å². The van der Waals surface area contributed by atoms with Gasteiger partial charge >= 0.3 is 5.97 Å². The molecule has 32 heavy (non-hydrogen) atoms. The Morgan fingerprint density at radius 3 is 2.72 bits per heavy atom. The summed E-state index contributed by atoms with van der Waals surface area (Å²) in [5.74, 6) is 0.403.